The molecule has 2 aromatic carbocycles. The molecule has 0 aliphatic rings. The molecule has 2 rings (SSSR count). The molecule has 0 unspecified atom stereocenters. The minimum atomic E-state index is -0.882. The average molecular weight is 432 g/mol. The monoisotopic (exact) mass is 431 g/mol. The summed E-state index contributed by atoms with van der Waals surface area (Å²) in [6.07, 6.45) is 1.04. The van der Waals surface area contributed by atoms with Gasteiger partial charge in [0.05, 0.1) is 30.0 Å². The Morgan fingerprint density at radius 1 is 0.967 bits per heavy atom. The van der Waals surface area contributed by atoms with Crippen LogP contribution in [0.25, 0.3) is 0 Å². The first-order valence-corrected chi connectivity index (χ1v) is 10.7. The summed E-state index contributed by atoms with van der Waals surface area (Å²) in [5.74, 6) is -1.38. The zero-order valence-electron chi connectivity index (χ0n) is 17.4. The molecule has 0 saturated heterocycles. The maximum absolute atomic E-state index is 12.6. The molecule has 30 heavy (non-hydrogen) atoms. The van der Waals surface area contributed by atoms with Gasteiger partial charge in [0, 0.05) is 4.90 Å². The molecule has 0 saturated carbocycles. The molecule has 2 aromatic rings. The lowest BCUT2D eigenvalue weighted by Gasteiger charge is -2.17. The van der Waals surface area contributed by atoms with E-state index in [9.17, 15) is 14.4 Å². The van der Waals surface area contributed by atoms with Crippen molar-refractivity contribution in [3.63, 3.8) is 0 Å². The van der Waals surface area contributed by atoms with Gasteiger partial charge < -0.3 is 19.5 Å². The number of amides is 1. The summed E-state index contributed by atoms with van der Waals surface area (Å²) in [7, 11) is 0. The van der Waals surface area contributed by atoms with E-state index in [0.29, 0.717) is 5.69 Å². The molecule has 0 bridgehead atoms. The SMILES string of the molecule is CCOC(=O)c1cc(O[C@H](C)C(=O)Nc2ccccc2SC)cc(C(=O)OCC)c1. The highest BCUT2D eigenvalue weighted by Crippen LogP contribution is 2.25. The van der Waals surface area contributed by atoms with E-state index >= 15 is 0 Å². The van der Waals surface area contributed by atoms with Crippen LogP contribution >= 0.6 is 11.8 Å². The number of para-hydroxylation sites is 1. The van der Waals surface area contributed by atoms with Crippen molar-refractivity contribution in [2.24, 2.45) is 0 Å². The van der Waals surface area contributed by atoms with E-state index in [-0.39, 0.29) is 36.0 Å². The minimum absolute atomic E-state index is 0.137. The summed E-state index contributed by atoms with van der Waals surface area (Å²) in [4.78, 5) is 37.8. The van der Waals surface area contributed by atoms with Gasteiger partial charge in [-0.15, -0.1) is 11.8 Å². The summed E-state index contributed by atoms with van der Waals surface area (Å²) in [5, 5.41) is 2.83. The fraction of sp³-hybridized carbons (Fsp3) is 0.318. The van der Waals surface area contributed by atoms with Crippen molar-refractivity contribution in [2.45, 2.75) is 31.8 Å². The molecule has 0 aromatic heterocycles. The number of thioether (sulfide) groups is 1. The molecule has 160 valence electrons. The largest absolute Gasteiger partial charge is 0.481 e. The van der Waals surface area contributed by atoms with Crippen LogP contribution in [-0.2, 0) is 14.3 Å². The van der Waals surface area contributed by atoms with Crippen LogP contribution in [0.3, 0.4) is 0 Å². The lowest BCUT2D eigenvalue weighted by atomic mass is 10.1. The van der Waals surface area contributed by atoms with Gasteiger partial charge in [0.2, 0.25) is 0 Å². The zero-order valence-corrected chi connectivity index (χ0v) is 18.2. The van der Waals surface area contributed by atoms with Gasteiger partial charge in [0.15, 0.2) is 6.10 Å². The second kappa shape index (κ2) is 11.3. The maximum atomic E-state index is 12.6. The van der Waals surface area contributed by atoms with Crippen molar-refractivity contribution in [2.75, 3.05) is 24.8 Å². The number of carbonyl (C=O) groups is 3. The highest BCUT2D eigenvalue weighted by Gasteiger charge is 2.20. The fourth-order valence-electron chi connectivity index (χ4n) is 2.57. The third-order valence-electron chi connectivity index (χ3n) is 3.98. The Morgan fingerprint density at radius 3 is 2.07 bits per heavy atom. The lowest BCUT2D eigenvalue weighted by molar-refractivity contribution is -0.122. The average Bonchev–Trinajstić information content (AvgIpc) is 2.74. The standard InChI is InChI=1S/C22H25NO6S/c1-5-27-21(25)15-11-16(22(26)28-6-2)13-17(12-15)29-14(3)20(24)23-18-9-7-8-10-19(18)30-4/h7-14H,5-6H2,1-4H3,(H,23,24)/t14-/m1/s1. The van der Waals surface area contributed by atoms with Gasteiger partial charge in [-0.05, 0) is 57.4 Å². The predicted molar refractivity (Wildman–Crippen MR) is 115 cm³/mol. The van der Waals surface area contributed by atoms with Crippen LogP contribution in [0.1, 0.15) is 41.5 Å². The summed E-state index contributed by atoms with van der Waals surface area (Å²) in [6, 6.07) is 11.7. The summed E-state index contributed by atoms with van der Waals surface area (Å²) in [5.41, 5.74) is 0.952. The molecule has 0 aliphatic heterocycles. The smallest absolute Gasteiger partial charge is 0.338 e. The van der Waals surface area contributed by atoms with Crippen molar-refractivity contribution < 1.29 is 28.6 Å². The van der Waals surface area contributed by atoms with Gasteiger partial charge in [-0.2, -0.15) is 0 Å². The summed E-state index contributed by atoms with van der Waals surface area (Å²) in [6.45, 7) is 5.32. The normalized spacial score (nSPS) is 11.3. The van der Waals surface area contributed by atoms with Crippen LogP contribution in [0.15, 0.2) is 47.4 Å². The van der Waals surface area contributed by atoms with Crippen molar-refractivity contribution >= 4 is 35.3 Å². The molecule has 0 aliphatic carbocycles. The van der Waals surface area contributed by atoms with E-state index in [2.05, 4.69) is 5.32 Å². The van der Waals surface area contributed by atoms with Gasteiger partial charge in [0.1, 0.15) is 5.75 Å². The third kappa shape index (κ3) is 6.25. The van der Waals surface area contributed by atoms with E-state index in [0.717, 1.165) is 4.90 Å². The lowest BCUT2D eigenvalue weighted by Crippen LogP contribution is -2.30. The Bertz CT molecular complexity index is 878. The third-order valence-corrected chi connectivity index (χ3v) is 4.77. The number of esters is 2. The Kier molecular flexibility index (Phi) is 8.73. The molecular weight excluding hydrogens is 406 g/mol. The van der Waals surface area contributed by atoms with E-state index in [1.54, 1.807) is 26.8 Å². The van der Waals surface area contributed by atoms with Crippen molar-refractivity contribution in [1.29, 1.82) is 0 Å². The van der Waals surface area contributed by atoms with E-state index < -0.39 is 18.0 Å². The first-order valence-electron chi connectivity index (χ1n) is 9.49. The molecule has 8 heteroatoms. The van der Waals surface area contributed by atoms with Gasteiger partial charge in [-0.1, -0.05) is 12.1 Å². The van der Waals surface area contributed by atoms with Crippen LogP contribution in [0.2, 0.25) is 0 Å². The summed E-state index contributed by atoms with van der Waals surface area (Å²) < 4.78 is 15.7. The number of nitrogens with one attached hydrogen (secondary N) is 1. The van der Waals surface area contributed by atoms with Crippen LogP contribution in [0, 0.1) is 0 Å². The number of anilines is 1. The Hall–Kier alpha value is -3.00. The van der Waals surface area contributed by atoms with Crippen LogP contribution in [0.5, 0.6) is 5.75 Å². The van der Waals surface area contributed by atoms with Gasteiger partial charge in [-0.25, -0.2) is 9.59 Å². The quantitative estimate of drug-likeness (QED) is 0.471. The summed E-state index contributed by atoms with van der Waals surface area (Å²) >= 11 is 1.51. The fourth-order valence-corrected chi connectivity index (χ4v) is 3.13. The first kappa shape index (κ1) is 23.3. The second-order valence-corrected chi connectivity index (χ2v) is 6.98. The predicted octanol–water partition coefficient (Wildman–Crippen LogP) is 4.17. The van der Waals surface area contributed by atoms with Gasteiger partial charge in [0.25, 0.3) is 5.91 Å². The Balaban J connectivity index is 2.23. The van der Waals surface area contributed by atoms with Crippen molar-refractivity contribution in [1.82, 2.24) is 0 Å². The molecule has 1 N–H and O–H groups in total. The number of benzene rings is 2. The molecule has 7 nitrogen and oxygen atoms in total. The van der Waals surface area contributed by atoms with E-state index in [1.807, 2.05) is 24.5 Å². The van der Waals surface area contributed by atoms with Crippen molar-refractivity contribution in [3.8, 4) is 5.75 Å². The number of ether oxygens (including phenoxy) is 3. The first-order chi connectivity index (χ1) is 14.4. The van der Waals surface area contributed by atoms with E-state index in [4.69, 9.17) is 14.2 Å². The van der Waals surface area contributed by atoms with Crippen LogP contribution < -0.4 is 10.1 Å². The van der Waals surface area contributed by atoms with Crippen LogP contribution in [0.4, 0.5) is 5.69 Å². The second-order valence-electron chi connectivity index (χ2n) is 6.14. The zero-order chi connectivity index (χ0) is 22.1. The number of hydrogen-bond acceptors (Lipinski definition) is 7. The number of rotatable bonds is 9. The molecule has 1 atom stereocenters. The van der Waals surface area contributed by atoms with Crippen molar-refractivity contribution in [3.05, 3.63) is 53.6 Å². The highest BCUT2D eigenvalue weighted by molar-refractivity contribution is 7.98. The highest BCUT2D eigenvalue weighted by atomic mass is 32.2. The topological polar surface area (TPSA) is 90.9 Å². The Labute approximate surface area is 180 Å². The molecular formula is C22H25NO6S. The molecule has 0 radical (unpaired) electrons. The molecule has 0 heterocycles. The van der Waals surface area contributed by atoms with Crippen LogP contribution in [-0.4, -0.2) is 43.4 Å². The molecule has 0 spiro atoms. The number of hydrogen-bond donors (Lipinski definition) is 1. The number of carbonyl (C=O) groups excluding carboxylic acids is 3. The van der Waals surface area contributed by atoms with E-state index in [1.165, 1.54) is 30.0 Å². The minimum Gasteiger partial charge on any atom is -0.481 e. The van der Waals surface area contributed by atoms with Gasteiger partial charge >= 0.3 is 11.9 Å². The molecule has 0 fully saturated rings. The molecule has 1 amide bonds. The maximum Gasteiger partial charge on any atom is 0.338 e. The van der Waals surface area contributed by atoms with Gasteiger partial charge in [-0.3, -0.25) is 4.79 Å². The Morgan fingerprint density at radius 2 is 1.53 bits per heavy atom.